The Morgan fingerprint density at radius 1 is 1.07 bits per heavy atom. The van der Waals surface area contributed by atoms with Crippen LogP contribution in [-0.2, 0) is 11.2 Å². The highest BCUT2D eigenvalue weighted by Gasteiger charge is 2.22. The number of hydrogen-bond acceptors (Lipinski definition) is 4. The maximum absolute atomic E-state index is 12.4. The summed E-state index contributed by atoms with van der Waals surface area (Å²) in [6, 6.07) is 17.5. The first-order valence-electron chi connectivity index (χ1n) is 9.28. The number of H-pyrrole nitrogens is 1. The van der Waals surface area contributed by atoms with Crippen LogP contribution >= 0.6 is 0 Å². The van der Waals surface area contributed by atoms with Crippen LogP contribution in [0.1, 0.15) is 29.4 Å². The van der Waals surface area contributed by atoms with Gasteiger partial charge in [0.2, 0.25) is 0 Å². The number of carbonyl (C=O) groups is 2. The number of oxazole rings is 1. The molecule has 150 valence electrons. The highest BCUT2D eigenvalue weighted by Crippen LogP contribution is 2.20. The van der Waals surface area contributed by atoms with Crippen LogP contribution in [-0.4, -0.2) is 28.0 Å². The predicted molar refractivity (Wildman–Crippen MR) is 108 cm³/mol. The van der Waals surface area contributed by atoms with Gasteiger partial charge in [0, 0.05) is 6.04 Å². The number of carboxylic acids is 1. The highest BCUT2D eigenvalue weighted by atomic mass is 16.4. The second-order valence-electron chi connectivity index (χ2n) is 6.97. The Morgan fingerprint density at radius 3 is 2.31 bits per heavy atom. The molecule has 3 N–H and O–H groups in total. The Kier molecular flexibility index (Phi) is 6.29. The molecule has 0 aliphatic carbocycles. The number of aromatic nitrogens is 1. The molecule has 0 unspecified atom stereocenters. The number of carboxylic acid groups (broad SMARTS) is 1. The van der Waals surface area contributed by atoms with Crippen molar-refractivity contribution in [3.63, 3.8) is 0 Å². The third-order valence-corrected chi connectivity index (χ3v) is 4.70. The zero-order valence-corrected chi connectivity index (χ0v) is 15.9. The van der Waals surface area contributed by atoms with E-state index in [2.05, 4.69) is 14.7 Å². The number of amides is 1. The average Bonchev–Trinajstić information content (AvgIpc) is 3.15. The molecule has 0 saturated carbocycles. The molecule has 2 aromatic carbocycles. The maximum atomic E-state index is 12.4. The molecule has 1 amide bonds. The molecule has 0 bridgehead atoms. The van der Waals surface area contributed by atoms with Crippen molar-refractivity contribution in [2.45, 2.75) is 25.8 Å². The minimum absolute atomic E-state index is 0.00223. The van der Waals surface area contributed by atoms with Crippen molar-refractivity contribution in [1.29, 1.82) is 0 Å². The van der Waals surface area contributed by atoms with Gasteiger partial charge in [-0.25, -0.2) is 4.79 Å². The molecule has 3 rings (SSSR count). The first kappa shape index (κ1) is 20.1. The maximum Gasteiger partial charge on any atom is 0.416 e. The van der Waals surface area contributed by atoms with E-state index in [-0.39, 0.29) is 12.1 Å². The molecule has 0 saturated heterocycles. The van der Waals surface area contributed by atoms with Gasteiger partial charge in [-0.2, -0.15) is 0 Å². The molecule has 29 heavy (non-hydrogen) atoms. The van der Waals surface area contributed by atoms with Crippen molar-refractivity contribution in [2.24, 2.45) is 5.92 Å². The number of rotatable bonds is 8. The fourth-order valence-electron chi connectivity index (χ4n) is 3.12. The number of nitrogens with one attached hydrogen (secondary N) is 2. The topological polar surface area (TPSA) is 112 Å². The lowest BCUT2D eigenvalue weighted by Gasteiger charge is -2.20. The summed E-state index contributed by atoms with van der Waals surface area (Å²) in [7, 11) is 0. The lowest BCUT2D eigenvalue weighted by molar-refractivity contribution is -0.141. The molecular formula is C22H22N2O5. The van der Waals surface area contributed by atoms with Crippen molar-refractivity contribution >= 4 is 11.9 Å². The number of benzene rings is 2. The summed E-state index contributed by atoms with van der Waals surface area (Å²) in [5, 5.41) is 12.0. The van der Waals surface area contributed by atoms with E-state index in [1.807, 2.05) is 54.6 Å². The smallest absolute Gasteiger partial charge is 0.416 e. The van der Waals surface area contributed by atoms with Crippen molar-refractivity contribution in [3.05, 3.63) is 82.7 Å². The van der Waals surface area contributed by atoms with E-state index in [1.165, 1.54) is 0 Å². The van der Waals surface area contributed by atoms with Crippen LogP contribution in [0.5, 0.6) is 0 Å². The second-order valence-corrected chi connectivity index (χ2v) is 6.97. The van der Waals surface area contributed by atoms with Gasteiger partial charge in [-0.3, -0.25) is 14.6 Å². The summed E-state index contributed by atoms with van der Waals surface area (Å²) in [6.07, 6.45) is 1.76. The highest BCUT2D eigenvalue weighted by molar-refractivity contribution is 5.92. The Hall–Kier alpha value is -3.61. The summed E-state index contributed by atoms with van der Waals surface area (Å²) in [6.45, 7) is 1.60. The minimum atomic E-state index is -0.930. The second kappa shape index (κ2) is 9.05. The van der Waals surface area contributed by atoms with Crippen LogP contribution in [0.15, 0.2) is 70.1 Å². The fraction of sp³-hybridized carbons (Fsp3) is 0.227. The summed E-state index contributed by atoms with van der Waals surface area (Å²) in [5.74, 6) is -2.80. The molecule has 1 heterocycles. The van der Waals surface area contributed by atoms with E-state index in [1.54, 1.807) is 6.92 Å². The standard InChI is InChI=1S/C22H22N2O5/c1-14(21(26)27)11-18(23-20(25)19-13-29-22(28)24-19)12-15-7-9-17(10-8-15)16-5-3-2-4-6-16/h2-10,13-14,18H,11-12H2,1H3,(H,23,25)(H,24,28)(H,26,27)/t14-,18+/m1/s1. The molecule has 3 aromatic rings. The molecule has 2 atom stereocenters. The summed E-state index contributed by atoms with van der Waals surface area (Å²) in [5.41, 5.74) is 3.15. The van der Waals surface area contributed by atoms with Crippen LogP contribution in [0.3, 0.4) is 0 Å². The zero-order chi connectivity index (χ0) is 20.8. The van der Waals surface area contributed by atoms with Crippen LogP contribution < -0.4 is 11.1 Å². The minimum Gasteiger partial charge on any atom is -0.481 e. The molecule has 0 aliphatic heterocycles. The van der Waals surface area contributed by atoms with Gasteiger partial charge in [-0.05, 0) is 29.5 Å². The number of carbonyl (C=O) groups excluding carboxylic acids is 1. The van der Waals surface area contributed by atoms with Gasteiger partial charge in [0.05, 0.1) is 5.92 Å². The summed E-state index contributed by atoms with van der Waals surface area (Å²) >= 11 is 0. The molecule has 7 heteroatoms. The summed E-state index contributed by atoms with van der Waals surface area (Å²) in [4.78, 5) is 37.0. The molecule has 1 aromatic heterocycles. The average molecular weight is 394 g/mol. The molecular weight excluding hydrogens is 372 g/mol. The van der Waals surface area contributed by atoms with E-state index in [9.17, 15) is 19.5 Å². The van der Waals surface area contributed by atoms with Gasteiger partial charge in [0.15, 0.2) is 0 Å². The van der Waals surface area contributed by atoms with Crippen molar-refractivity contribution in [2.75, 3.05) is 0 Å². The number of aliphatic carboxylic acids is 1. The van der Waals surface area contributed by atoms with Gasteiger partial charge < -0.3 is 14.8 Å². The normalized spacial score (nSPS) is 12.9. The van der Waals surface area contributed by atoms with Gasteiger partial charge >= 0.3 is 11.7 Å². The van der Waals surface area contributed by atoms with Crippen molar-refractivity contribution in [1.82, 2.24) is 10.3 Å². The SMILES string of the molecule is C[C@H](C[C@@H](Cc1ccc(-c2ccccc2)cc1)NC(=O)c1coc(=O)[nH]1)C(=O)O. The Bertz CT molecular complexity index is 1020. The molecule has 0 radical (unpaired) electrons. The van der Waals surface area contributed by atoms with E-state index >= 15 is 0 Å². The van der Waals surface area contributed by atoms with Crippen LogP contribution in [0.25, 0.3) is 11.1 Å². The van der Waals surface area contributed by atoms with Crippen molar-refractivity contribution in [3.8, 4) is 11.1 Å². The Labute approximate surface area is 167 Å². The zero-order valence-electron chi connectivity index (χ0n) is 15.9. The first-order valence-corrected chi connectivity index (χ1v) is 9.28. The Morgan fingerprint density at radius 2 is 1.72 bits per heavy atom. The van der Waals surface area contributed by atoms with E-state index in [0.29, 0.717) is 6.42 Å². The third-order valence-electron chi connectivity index (χ3n) is 4.70. The van der Waals surface area contributed by atoms with Gasteiger partial charge in [0.25, 0.3) is 5.91 Å². The largest absolute Gasteiger partial charge is 0.481 e. The summed E-state index contributed by atoms with van der Waals surface area (Å²) < 4.78 is 4.59. The number of aromatic amines is 1. The monoisotopic (exact) mass is 394 g/mol. The quantitative estimate of drug-likeness (QED) is 0.543. The fourth-order valence-corrected chi connectivity index (χ4v) is 3.12. The van der Waals surface area contributed by atoms with Crippen LogP contribution in [0.4, 0.5) is 0 Å². The van der Waals surface area contributed by atoms with E-state index < -0.39 is 29.6 Å². The predicted octanol–water partition coefficient (Wildman–Crippen LogP) is 3.09. The third kappa shape index (κ3) is 5.44. The van der Waals surface area contributed by atoms with Gasteiger partial charge in [-0.1, -0.05) is 61.5 Å². The molecule has 7 nitrogen and oxygen atoms in total. The van der Waals surface area contributed by atoms with E-state index in [4.69, 9.17) is 0 Å². The van der Waals surface area contributed by atoms with Gasteiger partial charge in [0.1, 0.15) is 12.0 Å². The molecule has 0 aliphatic rings. The molecule has 0 spiro atoms. The van der Waals surface area contributed by atoms with Crippen molar-refractivity contribution < 1.29 is 19.1 Å². The van der Waals surface area contributed by atoms with Crippen LogP contribution in [0.2, 0.25) is 0 Å². The molecule has 0 fully saturated rings. The first-order chi connectivity index (χ1) is 13.9. The van der Waals surface area contributed by atoms with Crippen LogP contribution in [0, 0.1) is 5.92 Å². The Balaban J connectivity index is 1.74. The number of hydrogen-bond donors (Lipinski definition) is 3. The van der Waals surface area contributed by atoms with E-state index in [0.717, 1.165) is 23.0 Å². The lowest BCUT2D eigenvalue weighted by Crippen LogP contribution is -2.39. The lowest BCUT2D eigenvalue weighted by atomic mass is 9.95. The van der Waals surface area contributed by atoms with Gasteiger partial charge in [-0.15, -0.1) is 0 Å².